The highest BCUT2D eigenvalue weighted by atomic mass is 19.1. The number of fused-ring (bicyclic) bond motifs is 1. The molecule has 1 unspecified atom stereocenters. The second kappa shape index (κ2) is 13.5. The summed E-state index contributed by atoms with van der Waals surface area (Å²) in [6, 6.07) is 6.88. The third kappa shape index (κ3) is 7.51. The standard InChI is InChI=1S/C33H42F2N4O7/c1-20(2)39(25-9-8-13-37(19-25)31(43)46-32(3,4)5)28(40)21-10-11-27-26(15-21)38(14-12-36-30(42)44-7)29(41)33(6,45-27)22-16-23(34)18-24(35)17-22/h10-11,15-18,20,25H,8-9,12-14,19H2,1-7H3,(H,36,42)/t25-,33?/m1/s1. The molecule has 2 aliphatic heterocycles. The van der Waals surface area contributed by atoms with Gasteiger partial charge in [-0.05, 0) is 84.7 Å². The van der Waals surface area contributed by atoms with Crippen LogP contribution in [0, 0.1) is 11.6 Å². The van der Waals surface area contributed by atoms with Crippen LogP contribution in [0.5, 0.6) is 5.75 Å². The summed E-state index contributed by atoms with van der Waals surface area (Å²) in [6.07, 6.45) is 0.229. The van der Waals surface area contributed by atoms with Gasteiger partial charge in [0.05, 0.1) is 18.8 Å². The lowest BCUT2D eigenvalue weighted by molar-refractivity contribution is -0.135. The second-order valence-corrected chi connectivity index (χ2v) is 12.9. The predicted molar refractivity (Wildman–Crippen MR) is 166 cm³/mol. The Morgan fingerprint density at radius 2 is 1.80 bits per heavy atom. The molecule has 2 aromatic rings. The molecule has 2 aliphatic rings. The Bertz CT molecular complexity index is 1470. The van der Waals surface area contributed by atoms with E-state index in [1.807, 2.05) is 13.8 Å². The minimum absolute atomic E-state index is 0.0235. The normalized spacial score (nSPS) is 19.7. The smallest absolute Gasteiger partial charge is 0.410 e. The summed E-state index contributed by atoms with van der Waals surface area (Å²) in [5, 5.41) is 2.52. The lowest BCUT2D eigenvalue weighted by Crippen LogP contribution is -2.55. The molecule has 0 spiro atoms. The quantitative estimate of drug-likeness (QED) is 0.440. The molecule has 0 aliphatic carbocycles. The number of rotatable bonds is 7. The van der Waals surface area contributed by atoms with Crippen LogP contribution in [0.15, 0.2) is 36.4 Å². The Morgan fingerprint density at radius 1 is 1.13 bits per heavy atom. The van der Waals surface area contributed by atoms with Crippen LogP contribution in [0.3, 0.4) is 0 Å². The summed E-state index contributed by atoms with van der Waals surface area (Å²) in [4.78, 5) is 57.4. The number of anilines is 1. The molecule has 13 heteroatoms. The number of alkyl carbamates (subject to hydrolysis) is 1. The second-order valence-electron chi connectivity index (χ2n) is 12.9. The number of hydrogen-bond donors (Lipinski definition) is 1. The highest BCUT2D eigenvalue weighted by molar-refractivity contribution is 6.05. The van der Waals surface area contributed by atoms with E-state index in [1.165, 1.54) is 31.1 Å². The fourth-order valence-corrected chi connectivity index (χ4v) is 5.80. The van der Waals surface area contributed by atoms with Gasteiger partial charge in [-0.2, -0.15) is 0 Å². The Balaban J connectivity index is 1.68. The van der Waals surface area contributed by atoms with Crippen LogP contribution in [0.1, 0.15) is 70.3 Å². The number of carbonyl (C=O) groups is 4. The molecule has 1 fully saturated rings. The zero-order chi connectivity index (χ0) is 34.0. The Kier molecular flexibility index (Phi) is 10.1. The molecule has 4 rings (SSSR count). The van der Waals surface area contributed by atoms with E-state index in [4.69, 9.17) is 9.47 Å². The monoisotopic (exact) mass is 644 g/mol. The van der Waals surface area contributed by atoms with Crippen molar-refractivity contribution >= 4 is 29.7 Å². The van der Waals surface area contributed by atoms with Gasteiger partial charge in [0.25, 0.3) is 11.8 Å². The van der Waals surface area contributed by atoms with Crippen molar-refractivity contribution in [3.63, 3.8) is 0 Å². The molecule has 2 heterocycles. The van der Waals surface area contributed by atoms with Crippen LogP contribution in [-0.2, 0) is 19.9 Å². The van der Waals surface area contributed by atoms with E-state index < -0.39 is 40.9 Å². The molecule has 2 atom stereocenters. The van der Waals surface area contributed by atoms with Crippen LogP contribution in [0.25, 0.3) is 0 Å². The highest BCUT2D eigenvalue weighted by Gasteiger charge is 2.47. The number of halogens is 2. The number of carbonyl (C=O) groups excluding carboxylic acids is 4. The molecule has 250 valence electrons. The average Bonchev–Trinajstić information content (AvgIpc) is 2.97. The lowest BCUT2D eigenvalue weighted by atomic mass is 9.91. The third-order valence-electron chi connectivity index (χ3n) is 7.90. The minimum atomic E-state index is -1.82. The zero-order valence-electron chi connectivity index (χ0n) is 27.3. The number of benzene rings is 2. The number of methoxy groups -OCH3 is 1. The first kappa shape index (κ1) is 34.5. The molecule has 0 bridgehead atoms. The van der Waals surface area contributed by atoms with Gasteiger partial charge in [-0.3, -0.25) is 9.59 Å². The van der Waals surface area contributed by atoms with Gasteiger partial charge in [-0.25, -0.2) is 18.4 Å². The van der Waals surface area contributed by atoms with E-state index in [0.29, 0.717) is 32.0 Å². The summed E-state index contributed by atoms with van der Waals surface area (Å²) in [7, 11) is 1.21. The van der Waals surface area contributed by atoms with E-state index in [-0.39, 0.29) is 53.6 Å². The van der Waals surface area contributed by atoms with Crippen molar-refractivity contribution in [2.24, 2.45) is 0 Å². The van der Waals surface area contributed by atoms with Crippen molar-refractivity contribution in [1.29, 1.82) is 0 Å². The van der Waals surface area contributed by atoms with E-state index in [1.54, 1.807) is 36.6 Å². The maximum Gasteiger partial charge on any atom is 0.410 e. The number of nitrogens with zero attached hydrogens (tertiary/aromatic N) is 3. The van der Waals surface area contributed by atoms with Crippen molar-refractivity contribution in [3.8, 4) is 5.75 Å². The molecule has 11 nitrogen and oxygen atoms in total. The molecule has 1 N–H and O–H groups in total. The van der Waals surface area contributed by atoms with Crippen molar-refractivity contribution in [1.82, 2.24) is 15.1 Å². The fourth-order valence-electron chi connectivity index (χ4n) is 5.80. The number of likely N-dealkylation sites (tertiary alicyclic amines) is 1. The van der Waals surface area contributed by atoms with Crippen LogP contribution in [-0.4, -0.2) is 84.8 Å². The molecule has 2 aromatic carbocycles. The van der Waals surface area contributed by atoms with Gasteiger partial charge in [0.1, 0.15) is 23.0 Å². The fraction of sp³-hybridized carbons (Fsp3) is 0.515. The number of piperidine rings is 1. The molecule has 0 saturated carbocycles. The predicted octanol–water partition coefficient (Wildman–Crippen LogP) is 5.21. The van der Waals surface area contributed by atoms with Crippen molar-refractivity contribution in [2.45, 2.75) is 77.7 Å². The number of amides is 4. The number of hydrogen-bond acceptors (Lipinski definition) is 7. The van der Waals surface area contributed by atoms with Gasteiger partial charge in [0.15, 0.2) is 0 Å². The molecule has 1 saturated heterocycles. The van der Waals surface area contributed by atoms with Gasteiger partial charge < -0.3 is 34.2 Å². The molecule has 0 radical (unpaired) electrons. The number of nitrogens with one attached hydrogen (secondary N) is 1. The summed E-state index contributed by atoms with van der Waals surface area (Å²) < 4.78 is 44.8. The SMILES string of the molecule is COC(=O)NCCN1C(=O)C(C)(c2cc(F)cc(F)c2)Oc2ccc(C(=O)N(C(C)C)[C@@H]3CCCN(C(=O)OC(C)(C)C)C3)cc21. The van der Waals surface area contributed by atoms with Crippen LogP contribution in [0.4, 0.5) is 24.1 Å². The summed E-state index contributed by atoms with van der Waals surface area (Å²) >= 11 is 0. The molecule has 0 aromatic heterocycles. The number of ether oxygens (including phenoxy) is 3. The lowest BCUT2D eigenvalue weighted by Gasteiger charge is -2.42. The van der Waals surface area contributed by atoms with Crippen molar-refractivity contribution < 1.29 is 42.2 Å². The average molecular weight is 645 g/mol. The molecular formula is C33H42F2N4O7. The molecule has 46 heavy (non-hydrogen) atoms. The maximum absolute atomic E-state index is 14.2. The summed E-state index contributed by atoms with van der Waals surface area (Å²) in [5.41, 5.74) is -1.99. The van der Waals surface area contributed by atoms with Crippen LogP contribution in [0.2, 0.25) is 0 Å². The van der Waals surface area contributed by atoms with Gasteiger partial charge in [0.2, 0.25) is 5.60 Å². The molecule has 4 amide bonds. The maximum atomic E-state index is 14.2. The summed E-state index contributed by atoms with van der Waals surface area (Å²) in [6.45, 7) is 11.3. The van der Waals surface area contributed by atoms with Crippen LogP contribution < -0.4 is 15.0 Å². The topological polar surface area (TPSA) is 118 Å². The Hall–Kier alpha value is -4.42. The van der Waals surface area contributed by atoms with Crippen LogP contribution >= 0.6 is 0 Å². The first-order chi connectivity index (χ1) is 21.5. The zero-order valence-corrected chi connectivity index (χ0v) is 27.3. The first-order valence-electron chi connectivity index (χ1n) is 15.3. The van der Waals surface area contributed by atoms with E-state index in [9.17, 15) is 28.0 Å². The first-order valence-corrected chi connectivity index (χ1v) is 15.3. The third-order valence-corrected chi connectivity index (χ3v) is 7.90. The Morgan fingerprint density at radius 3 is 2.41 bits per heavy atom. The van der Waals surface area contributed by atoms with Crippen molar-refractivity contribution in [3.05, 3.63) is 59.2 Å². The van der Waals surface area contributed by atoms with Gasteiger partial charge in [-0.15, -0.1) is 0 Å². The minimum Gasteiger partial charge on any atom is -0.471 e. The van der Waals surface area contributed by atoms with Crippen molar-refractivity contribution in [2.75, 3.05) is 38.2 Å². The largest absolute Gasteiger partial charge is 0.471 e. The highest BCUT2D eigenvalue weighted by Crippen LogP contribution is 2.43. The van der Waals surface area contributed by atoms with Gasteiger partial charge >= 0.3 is 12.2 Å². The Labute approximate surface area is 267 Å². The van der Waals surface area contributed by atoms with E-state index >= 15 is 0 Å². The van der Waals surface area contributed by atoms with E-state index in [2.05, 4.69) is 10.1 Å². The van der Waals surface area contributed by atoms with Gasteiger partial charge in [0, 0.05) is 49.4 Å². The summed E-state index contributed by atoms with van der Waals surface area (Å²) in [5.74, 6) is -2.51. The van der Waals surface area contributed by atoms with E-state index in [0.717, 1.165) is 12.1 Å². The molecular weight excluding hydrogens is 602 g/mol. The van der Waals surface area contributed by atoms with Gasteiger partial charge in [-0.1, -0.05) is 0 Å².